The molecule has 3 unspecified atom stereocenters. The van der Waals surface area contributed by atoms with E-state index in [1.165, 1.54) is 44.1 Å². The summed E-state index contributed by atoms with van der Waals surface area (Å²) in [6.45, 7) is 3.67. The molecule has 154 valence electrons. The molecule has 3 nitrogen and oxygen atoms in total. The van der Waals surface area contributed by atoms with E-state index in [4.69, 9.17) is 4.74 Å². The van der Waals surface area contributed by atoms with Crippen LogP contribution in [0.1, 0.15) is 61.6 Å². The number of aryl methyl sites for hydroxylation is 1. The first-order chi connectivity index (χ1) is 14.2. The van der Waals surface area contributed by atoms with E-state index < -0.39 is 0 Å². The Hall–Kier alpha value is -1.87. The number of nitrogens with zero attached hydrogens (tertiary/aromatic N) is 1. The molecule has 5 rings (SSSR count). The van der Waals surface area contributed by atoms with Gasteiger partial charge in [-0.3, -0.25) is 4.98 Å². The van der Waals surface area contributed by atoms with E-state index in [-0.39, 0.29) is 0 Å². The van der Waals surface area contributed by atoms with E-state index in [2.05, 4.69) is 47.6 Å². The van der Waals surface area contributed by atoms with Gasteiger partial charge in [0.15, 0.2) is 0 Å². The maximum absolute atomic E-state index is 5.47. The Morgan fingerprint density at radius 3 is 2.79 bits per heavy atom. The van der Waals surface area contributed by atoms with Gasteiger partial charge in [-0.25, -0.2) is 0 Å². The SMILES string of the molecule is COc1ccc2c(c1)CCC1C2CC[C@@]2(C)C1CC[C@@H]2NCCc1ccncc1. The van der Waals surface area contributed by atoms with Crippen LogP contribution in [-0.4, -0.2) is 24.7 Å². The summed E-state index contributed by atoms with van der Waals surface area (Å²) in [7, 11) is 1.78. The average Bonchev–Trinajstić information content (AvgIpc) is 3.10. The largest absolute Gasteiger partial charge is 0.497 e. The van der Waals surface area contributed by atoms with Crippen LogP contribution in [-0.2, 0) is 12.8 Å². The highest BCUT2D eigenvalue weighted by atomic mass is 16.5. The number of fused-ring (bicyclic) bond motifs is 5. The molecule has 1 aromatic carbocycles. The number of aromatic nitrogens is 1. The van der Waals surface area contributed by atoms with Crippen molar-refractivity contribution in [3.8, 4) is 5.75 Å². The Balaban J connectivity index is 1.28. The van der Waals surface area contributed by atoms with E-state index in [9.17, 15) is 0 Å². The quantitative estimate of drug-likeness (QED) is 0.767. The predicted molar refractivity (Wildman–Crippen MR) is 117 cm³/mol. The summed E-state index contributed by atoms with van der Waals surface area (Å²) in [6, 6.07) is 11.8. The molecule has 1 N–H and O–H groups in total. The Bertz CT molecular complexity index is 851. The van der Waals surface area contributed by atoms with E-state index in [0.29, 0.717) is 11.5 Å². The molecule has 0 amide bonds. The van der Waals surface area contributed by atoms with Crippen LogP contribution in [0, 0.1) is 17.3 Å². The summed E-state index contributed by atoms with van der Waals surface area (Å²) >= 11 is 0. The number of nitrogens with one attached hydrogen (secondary N) is 1. The van der Waals surface area contributed by atoms with Gasteiger partial charge in [0.1, 0.15) is 5.75 Å². The molecule has 2 saturated carbocycles. The highest BCUT2D eigenvalue weighted by molar-refractivity contribution is 5.40. The summed E-state index contributed by atoms with van der Waals surface area (Å²) < 4.78 is 5.47. The Kier molecular flexibility index (Phi) is 5.11. The van der Waals surface area contributed by atoms with E-state index in [0.717, 1.165) is 36.5 Å². The average molecular weight is 391 g/mol. The number of hydrogen-bond donors (Lipinski definition) is 1. The van der Waals surface area contributed by atoms with Gasteiger partial charge in [-0.1, -0.05) is 13.0 Å². The summed E-state index contributed by atoms with van der Waals surface area (Å²) in [5.74, 6) is 3.51. The second-order valence-corrected chi connectivity index (χ2v) is 9.71. The lowest BCUT2D eigenvalue weighted by atomic mass is 9.55. The van der Waals surface area contributed by atoms with Crippen LogP contribution in [0.25, 0.3) is 0 Å². The molecule has 0 bridgehead atoms. The Morgan fingerprint density at radius 1 is 1.10 bits per heavy atom. The van der Waals surface area contributed by atoms with Crippen molar-refractivity contribution >= 4 is 0 Å². The van der Waals surface area contributed by atoms with Crippen LogP contribution < -0.4 is 10.1 Å². The van der Waals surface area contributed by atoms with Crippen LogP contribution in [0.2, 0.25) is 0 Å². The van der Waals surface area contributed by atoms with Crippen molar-refractivity contribution < 1.29 is 4.74 Å². The first-order valence-electron chi connectivity index (χ1n) is 11.5. The first-order valence-corrected chi connectivity index (χ1v) is 11.5. The second-order valence-electron chi connectivity index (χ2n) is 9.71. The highest BCUT2D eigenvalue weighted by Gasteiger charge is 2.54. The molecule has 29 heavy (non-hydrogen) atoms. The molecule has 3 aliphatic carbocycles. The number of benzene rings is 1. The smallest absolute Gasteiger partial charge is 0.119 e. The third-order valence-corrected chi connectivity index (χ3v) is 8.49. The fourth-order valence-corrected chi connectivity index (χ4v) is 6.96. The highest BCUT2D eigenvalue weighted by Crippen LogP contribution is 2.60. The summed E-state index contributed by atoms with van der Waals surface area (Å²) in [6.07, 6.45) is 12.9. The van der Waals surface area contributed by atoms with Crippen molar-refractivity contribution in [3.05, 3.63) is 59.4 Å². The van der Waals surface area contributed by atoms with Crippen molar-refractivity contribution in [2.24, 2.45) is 17.3 Å². The molecule has 2 aromatic rings. The zero-order valence-electron chi connectivity index (χ0n) is 17.9. The molecule has 3 aliphatic rings. The summed E-state index contributed by atoms with van der Waals surface area (Å²) in [5.41, 5.74) is 5.01. The summed E-state index contributed by atoms with van der Waals surface area (Å²) in [4.78, 5) is 4.13. The van der Waals surface area contributed by atoms with Crippen molar-refractivity contribution in [1.82, 2.24) is 10.3 Å². The van der Waals surface area contributed by atoms with Gasteiger partial charge in [0.05, 0.1) is 7.11 Å². The topological polar surface area (TPSA) is 34.1 Å². The molecule has 0 spiro atoms. The van der Waals surface area contributed by atoms with Crippen LogP contribution in [0.15, 0.2) is 42.7 Å². The van der Waals surface area contributed by atoms with Gasteiger partial charge < -0.3 is 10.1 Å². The molecule has 0 saturated heterocycles. The van der Waals surface area contributed by atoms with Gasteiger partial charge in [-0.05, 0) is 116 Å². The van der Waals surface area contributed by atoms with Crippen LogP contribution in [0.4, 0.5) is 0 Å². The van der Waals surface area contributed by atoms with E-state index in [1.54, 1.807) is 18.2 Å². The minimum absolute atomic E-state index is 0.462. The van der Waals surface area contributed by atoms with E-state index >= 15 is 0 Å². The van der Waals surface area contributed by atoms with Crippen LogP contribution >= 0.6 is 0 Å². The number of ether oxygens (including phenoxy) is 1. The molecule has 1 aromatic heterocycles. The lowest BCUT2D eigenvalue weighted by Crippen LogP contribution is -2.49. The fraction of sp³-hybridized carbons (Fsp3) is 0.577. The van der Waals surface area contributed by atoms with Crippen molar-refractivity contribution in [2.45, 2.75) is 63.8 Å². The normalized spacial score (nSPS) is 32.9. The van der Waals surface area contributed by atoms with Crippen LogP contribution in [0.5, 0.6) is 5.75 Å². The minimum atomic E-state index is 0.462. The minimum Gasteiger partial charge on any atom is -0.497 e. The maximum atomic E-state index is 5.47. The van der Waals surface area contributed by atoms with Gasteiger partial charge >= 0.3 is 0 Å². The molecular formula is C26H34N2O. The summed E-state index contributed by atoms with van der Waals surface area (Å²) in [5, 5.41) is 3.96. The first kappa shape index (κ1) is 19.1. The van der Waals surface area contributed by atoms with Crippen molar-refractivity contribution in [2.75, 3.05) is 13.7 Å². The Labute approximate surface area is 175 Å². The predicted octanol–water partition coefficient (Wildman–Crippen LogP) is 5.15. The van der Waals surface area contributed by atoms with Gasteiger partial charge in [-0.2, -0.15) is 0 Å². The number of rotatable bonds is 5. The van der Waals surface area contributed by atoms with Gasteiger partial charge in [0, 0.05) is 18.4 Å². The zero-order chi connectivity index (χ0) is 19.8. The number of pyridine rings is 1. The molecule has 0 aliphatic heterocycles. The van der Waals surface area contributed by atoms with Crippen molar-refractivity contribution in [1.29, 1.82) is 0 Å². The molecule has 0 radical (unpaired) electrons. The molecule has 5 atom stereocenters. The maximum Gasteiger partial charge on any atom is 0.119 e. The number of hydrogen-bond acceptors (Lipinski definition) is 3. The fourth-order valence-electron chi connectivity index (χ4n) is 6.96. The Morgan fingerprint density at radius 2 is 1.97 bits per heavy atom. The van der Waals surface area contributed by atoms with Gasteiger partial charge in [0.25, 0.3) is 0 Å². The lowest BCUT2D eigenvalue weighted by molar-refractivity contribution is 0.0414. The van der Waals surface area contributed by atoms with Gasteiger partial charge in [0.2, 0.25) is 0 Å². The standard InChI is InChI=1S/C26H34N2O/c1-26-13-9-22-21-6-4-20(29-2)17-19(21)3-5-23(22)24(26)7-8-25(26)28-16-12-18-10-14-27-15-11-18/h4,6,10-11,14-15,17,22-25,28H,3,5,7-9,12-13,16H2,1-2H3/t22?,23?,24?,25-,26-/m0/s1. The third-order valence-electron chi connectivity index (χ3n) is 8.49. The second kappa shape index (κ2) is 7.75. The molecule has 1 heterocycles. The number of methoxy groups -OCH3 is 1. The monoisotopic (exact) mass is 390 g/mol. The van der Waals surface area contributed by atoms with Crippen LogP contribution in [0.3, 0.4) is 0 Å². The third kappa shape index (κ3) is 3.38. The molecule has 3 heteroatoms. The lowest BCUT2D eigenvalue weighted by Gasteiger charge is -2.51. The van der Waals surface area contributed by atoms with E-state index in [1.807, 2.05) is 12.4 Å². The molecule has 2 fully saturated rings. The van der Waals surface area contributed by atoms with Crippen molar-refractivity contribution in [3.63, 3.8) is 0 Å². The molecular weight excluding hydrogens is 356 g/mol. The zero-order valence-corrected chi connectivity index (χ0v) is 17.9. The van der Waals surface area contributed by atoms with Gasteiger partial charge in [-0.15, -0.1) is 0 Å².